The van der Waals surface area contributed by atoms with Crippen molar-refractivity contribution in [2.75, 3.05) is 6.54 Å². The highest BCUT2D eigenvalue weighted by atomic mass is 19.4. The molecule has 1 aliphatic rings. The van der Waals surface area contributed by atoms with Crippen molar-refractivity contribution in [1.29, 1.82) is 5.26 Å². The monoisotopic (exact) mass is 296 g/mol. The number of hydrogen-bond acceptors (Lipinski definition) is 2. The van der Waals surface area contributed by atoms with Gasteiger partial charge in [0.1, 0.15) is 6.54 Å². The van der Waals surface area contributed by atoms with Crippen LogP contribution in [0.2, 0.25) is 0 Å². The fourth-order valence-electron chi connectivity index (χ4n) is 2.91. The minimum atomic E-state index is -4.43. The number of benzene rings is 1. The van der Waals surface area contributed by atoms with Crippen molar-refractivity contribution in [2.24, 2.45) is 0 Å². The summed E-state index contributed by atoms with van der Waals surface area (Å²) in [4.78, 5) is 12.3. The van der Waals surface area contributed by atoms with Gasteiger partial charge in [-0.05, 0) is 24.5 Å². The first-order valence-corrected chi connectivity index (χ1v) is 6.73. The van der Waals surface area contributed by atoms with Crippen molar-refractivity contribution in [2.45, 2.75) is 37.3 Å². The number of rotatable bonds is 3. The van der Waals surface area contributed by atoms with Crippen LogP contribution in [0.1, 0.15) is 36.8 Å². The normalized spacial score (nSPS) is 17.2. The Hall–Kier alpha value is -2.03. The first-order valence-electron chi connectivity index (χ1n) is 6.73. The van der Waals surface area contributed by atoms with Crippen molar-refractivity contribution in [1.82, 2.24) is 5.32 Å². The van der Waals surface area contributed by atoms with Crippen LogP contribution in [0.5, 0.6) is 0 Å². The lowest BCUT2D eigenvalue weighted by atomic mass is 9.77. The van der Waals surface area contributed by atoms with Crippen molar-refractivity contribution < 1.29 is 18.0 Å². The van der Waals surface area contributed by atoms with Crippen molar-refractivity contribution >= 4 is 5.91 Å². The van der Waals surface area contributed by atoms with E-state index in [1.807, 2.05) is 6.07 Å². The number of hydrogen-bond donors (Lipinski definition) is 1. The molecule has 1 saturated carbocycles. The van der Waals surface area contributed by atoms with E-state index in [0.29, 0.717) is 18.4 Å². The average Bonchev–Trinajstić information content (AvgIpc) is 2.95. The zero-order chi connectivity index (χ0) is 15.5. The average molecular weight is 296 g/mol. The van der Waals surface area contributed by atoms with Crippen molar-refractivity contribution in [3.8, 4) is 6.07 Å². The van der Waals surface area contributed by atoms with E-state index in [2.05, 4.69) is 5.32 Å². The molecule has 1 aromatic rings. The molecule has 0 aliphatic heterocycles. The number of carbonyl (C=O) groups excluding carboxylic acids is 1. The van der Waals surface area contributed by atoms with E-state index in [1.165, 1.54) is 6.07 Å². The Bertz CT molecular complexity index is 569. The number of amides is 1. The van der Waals surface area contributed by atoms with Crippen LogP contribution in [-0.2, 0) is 16.4 Å². The highest BCUT2D eigenvalue weighted by molar-refractivity contribution is 5.88. The summed E-state index contributed by atoms with van der Waals surface area (Å²) in [7, 11) is 0. The SMILES string of the molecule is N#CCNC(=O)C1(c2cccc(C(F)(F)F)c2)CCCC1. The fraction of sp³-hybridized carbons (Fsp3) is 0.467. The first-order chi connectivity index (χ1) is 9.90. The van der Waals surface area contributed by atoms with Crippen LogP contribution < -0.4 is 5.32 Å². The van der Waals surface area contributed by atoms with E-state index < -0.39 is 17.2 Å². The van der Waals surface area contributed by atoms with Crippen molar-refractivity contribution in [3.63, 3.8) is 0 Å². The standard InChI is InChI=1S/C15H15F3N2O/c16-15(17,18)12-5-3-4-11(10-12)14(6-1-2-7-14)13(21)20-9-8-19/h3-5,10H,1-2,6-7,9H2,(H,20,21). The molecule has 0 unspecified atom stereocenters. The fourth-order valence-corrected chi connectivity index (χ4v) is 2.91. The summed E-state index contributed by atoms with van der Waals surface area (Å²) in [6.07, 6.45) is -1.84. The molecule has 0 spiro atoms. The van der Waals surface area contributed by atoms with Crippen LogP contribution in [0.15, 0.2) is 24.3 Å². The minimum absolute atomic E-state index is 0.139. The lowest BCUT2D eigenvalue weighted by Gasteiger charge is -2.28. The van der Waals surface area contributed by atoms with Gasteiger partial charge in [-0.25, -0.2) is 0 Å². The van der Waals surface area contributed by atoms with Gasteiger partial charge >= 0.3 is 6.18 Å². The molecule has 0 radical (unpaired) electrons. The summed E-state index contributed by atoms with van der Waals surface area (Å²) in [5.74, 6) is -0.360. The number of nitriles is 1. The maximum atomic E-state index is 12.8. The van der Waals surface area contributed by atoms with E-state index in [-0.39, 0.29) is 12.5 Å². The molecule has 0 saturated heterocycles. The molecular formula is C15H15F3N2O. The minimum Gasteiger partial charge on any atom is -0.342 e. The van der Waals surface area contributed by atoms with Crippen molar-refractivity contribution in [3.05, 3.63) is 35.4 Å². The molecule has 1 amide bonds. The smallest absolute Gasteiger partial charge is 0.342 e. The van der Waals surface area contributed by atoms with Gasteiger partial charge in [-0.2, -0.15) is 18.4 Å². The molecule has 112 valence electrons. The Morgan fingerprint density at radius 1 is 1.33 bits per heavy atom. The predicted molar refractivity (Wildman–Crippen MR) is 70.2 cm³/mol. The third-order valence-corrected chi connectivity index (χ3v) is 3.96. The molecule has 1 N–H and O–H groups in total. The van der Waals surface area contributed by atoms with Crippen LogP contribution in [0.25, 0.3) is 0 Å². The summed E-state index contributed by atoms with van der Waals surface area (Å²) < 4.78 is 38.5. The maximum absolute atomic E-state index is 12.8. The molecule has 1 aliphatic carbocycles. The third kappa shape index (κ3) is 3.02. The number of halogens is 3. The number of nitrogens with zero attached hydrogens (tertiary/aromatic N) is 1. The molecule has 0 bridgehead atoms. The molecule has 3 nitrogen and oxygen atoms in total. The van der Waals surface area contributed by atoms with Crippen LogP contribution in [-0.4, -0.2) is 12.5 Å². The van der Waals surface area contributed by atoms with Gasteiger partial charge in [0, 0.05) is 0 Å². The first kappa shape index (κ1) is 15.4. The Morgan fingerprint density at radius 2 is 2.00 bits per heavy atom. The molecular weight excluding hydrogens is 281 g/mol. The topological polar surface area (TPSA) is 52.9 Å². The summed E-state index contributed by atoms with van der Waals surface area (Å²) in [5, 5.41) is 11.0. The largest absolute Gasteiger partial charge is 0.416 e. The van der Waals surface area contributed by atoms with Gasteiger partial charge in [0.15, 0.2) is 0 Å². The van der Waals surface area contributed by atoms with E-state index >= 15 is 0 Å². The van der Waals surface area contributed by atoms with Gasteiger partial charge in [-0.3, -0.25) is 4.79 Å². The Morgan fingerprint density at radius 3 is 2.57 bits per heavy atom. The molecule has 1 fully saturated rings. The zero-order valence-electron chi connectivity index (χ0n) is 11.3. The van der Waals surface area contributed by atoms with E-state index in [1.54, 1.807) is 6.07 Å². The summed E-state index contributed by atoms with van der Waals surface area (Å²) in [6, 6.07) is 6.76. The van der Waals surface area contributed by atoms with Gasteiger partial charge < -0.3 is 5.32 Å². The molecule has 0 heterocycles. The second kappa shape index (κ2) is 5.76. The number of nitrogens with one attached hydrogen (secondary N) is 1. The van der Waals surface area contributed by atoms with Gasteiger partial charge in [0.05, 0.1) is 17.0 Å². The summed E-state index contributed by atoms with van der Waals surface area (Å²) in [5.41, 5.74) is -1.32. The van der Waals surface area contributed by atoms with Gasteiger partial charge in [-0.15, -0.1) is 0 Å². The molecule has 6 heteroatoms. The highest BCUT2D eigenvalue weighted by Crippen LogP contribution is 2.43. The van der Waals surface area contributed by atoms with E-state index in [0.717, 1.165) is 25.0 Å². The van der Waals surface area contributed by atoms with Crippen LogP contribution in [0.3, 0.4) is 0 Å². The molecule has 2 rings (SSSR count). The lowest BCUT2D eigenvalue weighted by molar-refractivity contribution is -0.138. The molecule has 1 aromatic carbocycles. The Labute approximate surface area is 120 Å². The zero-order valence-corrected chi connectivity index (χ0v) is 11.3. The van der Waals surface area contributed by atoms with E-state index in [4.69, 9.17) is 5.26 Å². The third-order valence-electron chi connectivity index (χ3n) is 3.96. The predicted octanol–water partition coefficient (Wildman–Crippen LogP) is 3.16. The number of alkyl halides is 3. The molecule has 0 aromatic heterocycles. The number of carbonyl (C=O) groups is 1. The Balaban J connectivity index is 2.39. The highest BCUT2D eigenvalue weighted by Gasteiger charge is 2.43. The summed E-state index contributed by atoms with van der Waals surface area (Å²) >= 11 is 0. The van der Waals surface area contributed by atoms with Crippen LogP contribution in [0, 0.1) is 11.3 Å². The molecule has 21 heavy (non-hydrogen) atoms. The van der Waals surface area contributed by atoms with Crippen LogP contribution in [0.4, 0.5) is 13.2 Å². The van der Waals surface area contributed by atoms with E-state index in [9.17, 15) is 18.0 Å². The second-order valence-corrected chi connectivity index (χ2v) is 5.21. The maximum Gasteiger partial charge on any atom is 0.416 e. The second-order valence-electron chi connectivity index (χ2n) is 5.21. The summed E-state index contributed by atoms with van der Waals surface area (Å²) in [6.45, 7) is -0.139. The quantitative estimate of drug-likeness (QED) is 0.871. The van der Waals surface area contributed by atoms with Crippen LogP contribution >= 0.6 is 0 Å². The Kier molecular flexibility index (Phi) is 4.21. The molecule has 0 atom stereocenters. The van der Waals surface area contributed by atoms with Gasteiger partial charge in [-0.1, -0.05) is 31.0 Å². The lowest BCUT2D eigenvalue weighted by Crippen LogP contribution is -2.42. The van der Waals surface area contributed by atoms with Gasteiger partial charge in [0.2, 0.25) is 5.91 Å². The van der Waals surface area contributed by atoms with Gasteiger partial charge in [0.25, 0.3) is 0 Å².